The van der Waals surface area contributed by atoms with Gasteiger partial charge in [-0.1, -0.05) is 24.3 Å². The highest BCUT2D eigenvalue weighted by Crippen LogP contribution is 2.39. The van der Waals surface area contributed by atoms with Crippen molar-refractivity contribution in [3.05, 3.63) is 35.5 Å². The van der Waals surface area contributed by atoms with Gasteiger partial charge in [0.1, 0.15) is 11.7 Å². The molecular weight excluding hydrogens is 400 g/mol. The molecule has 1 fully saturated rings. The monoisotopic (exact) mass is 434 g/mol. The minimum atomic E-state index is -1.15. The van der Waals surface area contributed by atoms with Gasteiger partial charge in [-0.15, -0.1) is 0 Å². The second kappa shape index (κ2) is 10.3. The molecule has 0 aromatic rings. The molecule has 7 heteroatoms. The maximum Gasteiger partial charge on any atom is 0.334 e. The van der Waals surface area contributed by atoms with E-state index in [1.807, 2.05) is 19.9 Å². The Bertz CT molecular complexity index is 794. The van der Waals surface area contributed by atoms with Crippen LogP contribution in [0.25, 0.3) is 0 Å². The Labute approximate surface area is 184 Å². The van der Waals surface area contributed by atoms with Crippen molar-refractivity contribution >= 4 is 17.9 Å². The maximum atomic E-state index is 12.4. The molecule has 31 heavy (non-hydrogen) atoms. The number of ether oxygens (including phenoxy) is 3. The normalized spacial score (nSPS) is 32.7. The van der Waals surface area contributed by atoms with Crippen LogP contribution in [0, 0.1) is 5.92 Å². The van der Waals surface area contributed by atoms with E-state index < -0.39 is 47.7 Å². The van der Waals surface area contributed by atoms with E-state index in [4.69, 9.17) is 14.2 Å². The van der Waals surface area contributed by atoms with E-state index in [0.717, 1.165) is 18.4 Å². The van der Waals surface area contributed by atoms with Gasteiger partial charge in [0.05, 0.1) is 6.10 Å². The summed E-state index contributed by atoms with van der Waals surface area (Å²) in [6.45, 7) is 12.0. The fraction of sp³-hybridized carbons (Fsp3) is 0.625. The molecule has 0 radical (unpaired) electrons. The fourth-order valence-corrected chi connectivity index (χ4v) is 4.23. The lowest BCUT2D eigenvalue weighted by Gasteiger charge is -2.36. The van der Waals surface area contributed by atoms with Gasteiger partial charge in [-0.3, -0.25) is 9.59 Å². The van der Waals surface area contributed by atoms with Crippen LogP contribution < -0.4 is 0 Å². The van der Waals surface area contributed by atoms with Gasteiger partial charge >= 0.3 is 17.9 Å². The molecule has 5 atom stereocenters. The Morgan fingerprint density at radius 2 is 1.87 bits per heavy atom. The van der Waals surface area contributed by atoms with Gasteiger partial charge in [-0.25, -0.2) is 4.79 Å². The van der Waals surface area contributed by atoms with Crippen LogP contribution in [-0.2, 0) is 28.6 Å². The maximum absolute atomic E-state index is 12.4. The Balaban J connectivity index is 2.49. The first-order chi connectivity index (χ1) is 14.4. The van der Waals surface area contributed by atoms with E-state index in [-0.39, 0.29) is 12.0 Å². The minimum Gasteiger partial charge on any atom is -0.457 e. The lowest BCUT2D eigenvalue weighted by molar-refractivity contribution is -0.172. The van der Waals surface area contributed by atoms with E-state index in [9.17, 15) is 19.5 Å². The third-order valence-corrected chi connectivity index (χ3v) is 6.09. The summed E-state index contributed by atoms with van der Waals surface area (Å²) in [5.41, 5.74) is 1.01. The highest BCUT2D eigenvalue weighted by Gasteiger charge is 2.48. The van der Waals surface area contributed by atoms with Crippen LogP contribution in [0.2, 0.25) is 0 Å². The number of allylic oxidation sites excluding steroid dienone is 3. The van der Waals surface area contributed by atoms with Gasteiger partial charge in [-0.05, 0) is 58.4 Å². The van der Waals surface area contributed by atoms with E-state index in [1.54, 1.807) is 6.92 Å². The molecule has 0 bridgehead atoms. The first-order valence-corrected chi connectivity index (χ1v) is 10.7. The zero-order valence-electron chi connectivity index (χ0n) is 19.1. The van der Waals surface area contributed by atoms with Crippen LogP contribution >= 0.6 is 0 Å². The van der Waals surface area contributed by atoms with E-state index in [0.29, 0.717) is 12.8 Å². The average Bonchev–Trinajstić information content (AvgIpc) is 2.92. The third-order valence-electron chi connectivity index (χ3n) is 6.09. The topological polar surface area (TPSA) is 99.1 Å². The molecule has 0 saturated carbocycles. The number of hydrogen-bond acceptors (Lipinski definition) is 7. The zero-order chi connectivity index (χ0) is 23.3. The summed E-state index contributed by atoms with van der Waals surface area (Å²) in [6, 6.07) is 0. The molecule has 1 saturated heterocycles. The van der Waals surface area contributed by atoms with Crippen LogP contribution in [0.1, 0.15) is 66.7 Å². The van der Waals surface area contributed by atoms with Crippen molar-refractivity contribution in [2.24, 2.45) is 5.92 Å². The largest absolute Gasteiger partial charge is 0.457 e. The summed E-state index contributed by atoms with van der Waals surface area (Å²) in [6.07, 6.45) is 4.07. The van der Waals surface area contributed by atoms with E-state index in [2.05, 4.69) is 12.7 Å². The quantitative estimate of drug-likeness (QED) is 0.307. The minimum absolute atomic E-state index is 0.0762. The first kappa shape index (κ1) is 24.9. The van der Waals surface area contributed by atoms with Crippen LogP contribution in [0.15, 0.2) is 35.5 Å². The number of esters is 3. The molecule has 0 amide bonds. The summed E-state index contributed by atoms with van der Waals surface area (Å²) in [7, 11) is 0. The van der Waals surface area contributed by atoms with Gasteiger partial charge in [-0.2, -0.15) is 0 Å². The lowest BCUT2D eigenvalue weighted by Crippen LogP contribution is -2.46. The lowest BCUT2D eigenvalue weighted by atomic mass is 9.80. The van der Waals surface area contributed by atoms with Gasteiger partial charge in [0.2, 0.25) is 0 Å². The second-order valence-electron chi connectivity index (χ2n) is 8.77. The summed E-state index contributed by atoms with van der Waals surface area (Å²) in [4.78, 5) is 35.9. The molecule has 172 valence electrons. The van der Waals surface area contributed by atoms with Crippen LogP contribution in [0.3, 0.4) is 0 Å². The van der Waals surface area contributed by atoms with E-state index in [1.165, 1.54) is 19.4 Å². The molecule has 1 aliphatic carbocycles. The SMILES string of the molecule is C=C1C(=O)OC2C1CC(O)C(C)(OC(C)=O)CCC=C(C)CCC=C(C)C2OC(C)=O. The predicted molar refractivity (Wildman–Crippen MR) is 115 cm³/mol. The molecule has 7 nitrogen and oxygen atoms in total. The highest BCUT2D eigenvalue weighted by molar-refractivity contribution is 5.91. The number of fused-ring (bicyclic) bond motifs is 1. The van der Waals surface area contributed by atoms with Gasteiger partial charge in [0, 0.05) is 25.3 Å². The number of rotatable bonds is 2. The van der Waals surface area contributed by atoms with Crippen molar-refractivity contribution in [3.8, 4) is 0 Å². The van der Waals surface area contributed by atoms with Crippen LogP contribution in [0.4, 0.5) is 0 Å². The van der Waals surface area contributed by atoms with Gasteiger partial charge in [0.25, 0.3) is 0 Å². The Morgan fingerprint density at radius 1 is 1.19 bits per heavy atom. The van der Waals surface area contributed by atoms with Gasteiger partial charge in [0.15, 0.2) is 6.10 Å². The molecule has 1 N–H and O–H groups in total. The smallest absolute Gasteiger partial charge is 0.334 e. The average molecular weight is 435 g/mol. The summed E-state index contributed by atoms with van der Waals surface area (Å²) < 4.78 is 16.6. The number of aliphatic hydroxyl groups excluding tert-OH is 1. The third kappa shape index (κ3) is 6.29. The van der Waals surface area contributed by atoms with Crippen molar-refractivity contribution in [2.75, 3.05) is 0 Å². The van der Waals surface area contributed by atoms with Crippen molar-refractivity contribution < 1.29 is 33.7 Å². The highest BCUT2D eigenvalue weighted by atomic mass is 16.6. The van der Waals surface area contributed by atoms with Crippen molar-refractivity contribution in [3.63, 3.8) is 0 Å². The van der Waals surface area contributed by atoms with E-state index >= 15 is 0 Å². The predicted octanol–water partition coefficient (Wildman–Crippen LogP) is 3.56. The molecule has 0 spiro atoms. The summed E-state index contributed by atoms with van der Waals surface area (Å²) >= 11 is 0. The van der Waals surface area contributed by atoms with Crippen molar-refractivity contribution in [1.82, 2.24) is 0 Å². The Morgan fingerprint density at radius 3 is 2.48 bits per heavy atom. The second-order valence-corrected chi connectivity index (χ2v) is 8.77. The number of carbonyl (C=O) groups is 3. The van der Waals surface area contributed by atoms with Crippen molar-refractivity contribution in [1.29, 1.82) is 0 Å². The molecule has 5 unspecified atom stereocenters. The zero-order valence-corrected chi connectivity index (χ0v) is 19.1. The number of hydrogen-bond donors (Lipinski definition) is 1. The molecule has 1 aliphatic heterocycles. The van der Waals surface area contributed by atoms with Crippen LogP contribution in [0.5, 0.6) is 0 Å². The Kier molecular flexibility index (Phi) is 8.23. The molecule has 2 rings (SSSR count). The fourth-order valence-electron chi connectivity index (χ4n) is 4.23. The Hall–Kier alpha value is -2.41. The van der Waals surface area contributed by atoms with Crippen molar-refractivity contribution in [2.45, 2.75) is 90.6 Å². The molecule has 1 heterocycles. The summed E-state index contributed by atoms with van der Waals surface area (Å²) in [5, 5.41) is 11.1. The summed E-state index contributed by atoms with van der Waals surface area (Å²) in [5.74, 6) is -2.16. The van der Waals surface area contributed by atoms with Crippen LogP contribution in [-0.4, -0.2) is 46.9 Å². The number of aliphatic hydroxyl groups is 1. The first-order valence-electron chi connectivity index (χ1n) is 10.7. The standard InChI is InChI=1S/C24H34O7/c1-14-9-7-11-15(2)21(29-17(4)25)22-19(16(3)23(28)30-22)13-20(27)24(6,12-8-10-14)31-18(5)26/h10-11,19-22,27H,3,7-9,12-13H2,1-2,4-6H3. The number of carbonyl (C=O) groups excluding carboxylic acids is 3. The van der Waals surface area contributed by atoms with Gasteiger partial charge < -0.3 is 19.3 Å². The molecular formula is C24H34O7. The molecule has 2 aliphatic rings. The molecule has 0 aromatic carbocycles. The molecule has 0 aromatic heterocycles.